The molecule has 1 aromatic heterocycles. The highest BCUT2D eigenvalue weighted by atomic mass is 19.1. The molecule has 2 aromatic rings. The van der Waals surface area contributed by atoms with Gasteiger partial charge < -0.3 is 24.8 Å². The van der Waals surface area contributed by atoms with E-state index in [0.29, 0.717) is 17.5 Å². The predicted octanol–water partition coefficient (Wildman–Crippen LogP) is 3.19. The highest BCUT2D eigenvalue weighted by Gasteiger charge is 2.50. The lowest BCUT2D eigenvalue weighted by Gasteiger charge is -2.45. The van der Waals surface area contributed by atoms with Crippen molar-refractivity contribution in [3.63, 3.8) is 0 Å². The minimum absolute atomic E-state index is 0.107. The molecule has 2 aliphatic heterocycles. The highest BCUT2D eigenvalue weighted by molar-refractivity contribution is 6.14. The Labute approximate surface area is 197 Å². The Hall–Kier alpha value is -2.94. The van der Waals surface area contributed by atoms with E-state index in [1.165, 1.54) is 19.1 Å². The Morgan fingerprint density at radius 3 is 2.65 bits per heavy atom. The maximum atomic E-state index is 14.2. The minimum Gasteiger partial charge on any atom is -0.376 e. The van der Waals surface area contributed by atoms with Gasteiger partial charge in [-0.2, -0.15) is 0 Å². The minimum atomic E-state index is -1.16. The molecule has 5 rings (SSSR count). The van der Waals surface area contributed by atoms with Gasteiger partial charge >= 0.3 is 0 Å². The first-order valence-corrected chi connectivity index (χ1v) is 12.1. The van der Waals surface area contributed by atoms with Crippen LogP contribution in [-0.4, -0.2) is 58.0 Å². The van der Waals surface area contributed by atoms with Gasteiger partial charge in [0, 0.05) is 31.5 Å². The predicted molar refractivity (Wildman–Crippen MR) is 125 cm³/mol. The molecule has 8 nitrogen and oxygen atoms in total. The number of anilines is 1. The van der Waals surface area contributed by atoms with Crippen LogP contribution >= 0.6 is 0 Å². The molecule has 1 aromatic carbocycles. The number of fused-ring (bicyclic) bond motifs is 3. The zero-order valence-corrected chi connectivity index (χ0v) is 19.7. The lowest BCUT2D eigenvalue weighted by molar-refractivity contribution is -0.134. The SMILES string of the molecule is CC(=O)Nc1c2n(c3ccc(F)cc13)C[C@@](C)(C(=O)NC1CCCC1)N(C[C@H]1CCCO1)C2=O. The topological polar surface area (TPSA) is 92.7 Å². The van der Waals surface area contributed by atoms with Gasteiger partial charge in [0.1, 0.15) is 17.1 Å². The normalized spacial score (nSPS) is 25.1. The summed E-state index contributed by atoms with van der Waals surface area (Å²) in [5, 5.41) is 6.35. The van der Waals surface area contributed by atoms with Crippen LogP contribution in [0.3, 0.4) is 0 Å². The maximum Gasteiger partial charge on any atom is 0.273 e. The summed E-state index contributed by atoms with van der Waals surface area (Å²) < 4.78 is 21.7. The third-order valence-corrected chi connectivity index (χ3v) is 7.43. The van der Waals surface area contributed by atoms with E-state index in [1.807, 2.05) is 0 Å². The van der Waals surface area contributed by atoms with Crippen LogP contribution in [0, 0.1) is 5.82 Å². The highest BCUT2D eigenvalue weighted by Crippen LogP contribution is 2.39. The van der Waals surface area contributed by atoms with E-state index in [1.54, 1.807) is 22.5 Å². The van der Waals surface area contributed by atoms with E-state index in [-0.39, 0.29) is 54.3 Å². The third-order valence-electron chi connectivity index (χ3n) is 7.43. The van der Waals surface area contributed by atoms with Crippen molar-refractivity contribution in [1.29, 1.82) is 0 Å². The van der Waals surface area contributed by atoms with E-state index in [9.17, 15) is 18.8 Å². The van der Waals surface area contributed by atoms with Crippen LogP contribution in [0.15, 0.2) is 18.2 Å². The number of halogens is 1. The molecule has 9 heteroatoms. The molecule has 1 aliphatic carbocycles. The molecule has 1 saturated heterocycles. The molecule has 182 valence electrons. The summed E-state index contributed by atoms with van der Waals surface area (Å²) >= 11 is 0. The number of carbonyl (C=O) groups is 3. The fraction of sp³-hybridized carbons (Fsp3) is 0.560. The smallest absolute Gasteiger partial charge is 0.273 e. The zero-order chi connectivity index (χ0) is 24.0. The Morgan fingerprint density at radius 2 is 1.97 bits per heavy atom. The zero-order valence-electron chi connectivity index (χ0n) is 19.7. The fourth-order valence-corrected chi connectivity index (χ4v) is 5.64. The van der Waals surface area contributed by atoms with E-state index in [4.69, 9.17) is 4.74 Å². The van der Waals surface area contributed by atoms with Crippen molar-refractivity contribution in [3.05, 3.63) is 29.7 Å². The molecular formula is C25H31FN4O4. The molecule has 3 aliphatic rings. The molecule has 2 atom stereocenters. The molecule has 3 amide bonds. The molecule has 1 saturated carbocycles. The van der Waals surface area contributed by atoms with Crippen LogP contribution in [0.1, 0.15) is 62.9 Å². The Morgan fingerprint density at radius 1 is 1.21 bits per heavy atom. The summed E-state index contributed by atoms with van der Waals surface area (Å²) in [7, 11) is 0. The van der Waals surface area contributed by atoms with Crippen molar-refractivity contribution in [2.24, 2.45) is 0 Å². The van der Waals surface area contributed by atoms with Gasteiger partial charge in [-0.05, 0) is 50.8 Å². The van der Waals surface area contributed by atoms with Gasteiger partial charge in [0.2, 0.25) is 11.8 Å². The molecule has 0 unspecified atom stereocenters. The van der Waals surface area contributed by atoms with E-state index < -0.39 is 11.4 Å². The summed E-state index contributed by atoms with van der Waals surface area (Å²) in [6.45, 7) is 4.25. The van der Waals surface area contributed by atoms with Gasteiger partial charge in [-0.25, -0.2) is 4.39 Å². The maximum absolute atomic E-state index is 14.2. The summed E-state index contributed by atoms with van der Waals surface area (Å²) in [5.74, 6) is -1.38. The first-order valence-electron chi connectivity index (χ1n) is 12.1. The molecule has 0 spiro atoms. The number of carbonyl (C=O) groups excluding carboxylic acids is 3. The Kier molecular flexibility index (Phi) is 5.83. The van der Waals surface area contributed by atoms with Gasteiger partial charge in [0.15, 0.2) is 0 Å². The summed E-state index contributed by atoms with van der Waals surface area (Å²) in [4.78, 5) is 41.3. The first kappa shape index (κ1) is 22.8. The summed E-state index contributed by atoms with van der Waals surface area (Å²) in [6.07, 6.45) is 5.61. The van der Waals surface area contributed by atoms with Gasteiger partial charge in [-0.1, -0.05) is 12.8 Å². The van der Waals surface area contributed by atoms with Gasteiger partial charge in [-0.3, -0.25) is 14.4 Å². The second-order valence-corrected chi connectivity index (χ2v) is 9.93. The van der Waals surface area contributed by atoms with Crippen molar-refractivity contribution in [1.82, 2.24) is 14.8 Å². The number of amides is 3. The van der Waals surface area contributed by atoms with E-state index >= 15 is 0 Å². The number of benzene rings is 1. The molecule has 2 fully saturated rings. The van der Waals surface area contributed by atoms with E-state index in [0.717, 1.165) is 38.5 Å². The van der Waals surface area contributed by atoms with Crippen LogP contribution in [0.2, 0.25) is 0 Å². The lowest BCUT2D eigenvalue weighted by Crippen LogP contribution is -2.66. The molecule has 0 bridgehead atoms. The van der Waals surface area contributed by atoms with Gasteiger partial charge in [-0.15, -0.1) is 0 Å². The van der Waals surface area contributed by atoms with Gasteiger partial charge in [0.25, 0.3) is 5.91 Å². The Balaban J connectivity index is 1.62. The number of hydrogen-bond donors (Lipinski definition) is 2. The standard InChI is InChI=1S/C25H31FN4O4/c1-15(31)27-21-19-12-16(26)9-10-20(19)29-14-25(2,24(33)28-17-6-3-4-7-17)30(23(32)22(21)29)13-18-8-5-11-34-18/h9-10,12,17-18H,3-8,11,13-14H2,1-2H3,(H,27,31)(H,28,33)/t18-,25+/m1/s1. The van der Waals surface area contributed by atoms with E-state index in [2.05, 4.69) is 10.6 Å². The molecule has 34 heavy (non-hydrogen) atoms. The van der Waals surface area contributed by atoms with Crippen LogP contribution in [0.4, 0.5) is 10.1 Å². The average molecular weight is 471 g/mol. The van der Waals surface area contributed by atoms with Crippen LogP contribution in [-0.2, 0) is 20.9 Å². The monoisotopic (exact) mass is 470 g/mol. The quantitative estimate of drug-likeness (QED) is 0.702. The van der Waals surface area contributed by atoms with Crippen molar-refractivity contribution >= 4 is 34.3 Å². The summed E-state index contributed by atoms with van der Waals surface area (Å²) in [5.41, 5.74) is -0.0143. The number of hydrogen-bond acceptors (Lipinski definition) is 4. The van der Waals surface area contributed by atoms with Crippen LogP contribution in [0.25, 0.3) is 10.9 Å². The molecular weight excluding hydrogens is 439 g/mol. The lowest BCUT2D eigenvalue weighted by atomic mass is 9.93. The Bertz CT molecular complexity index is 1150. The second-order valence-electron chi connectivity index (χ2n) is 9.93. The second kappa shape index (κ2) is 8.69. The van der Waals surface area contributed by atoms with Crippen molar-refractivity contribution in [2.45, 2.75) is 76.6 Å². The third kappa shape index (κ3) is 3.85. The van der Waals surface area contributed by atoms with Crippen molar-refractivity contribution in [2.75, 3.05) is 18.5 Å². The fourth-order valence-electron chi connectivity index (χ4n) is 5.64. The average Bonchev–Trinajstić information content (AvgIpc) is 3.53. The molecule has 0 radical (unpaired) electrons. The molecule has 2 N–H and O–H groups in total. The number of nitrogens with one attached hydrogen (secondary N) is 2. The van der Waals surface area contributed by atoms with Gasteiger partial charge in [0.05, 0.1) is 23.9 Å². The number of ether oxygens (including phenoxy) is 1. The number of aromatic nitrogens is 1. The van der Waals surface area contributed by atoms with Crippen LogP contribution < -0.4 is 10.6 Å². The first-order chi connectivity index (χ1) is 16.3. The molecule has 3 heterocycles. The van der Waals surface area contributed by atoms with Crippen LogP contribution in [0.5, 0.6) is 0 Å². The largest absolute Gasteiger partial charge is 0.376 e. The van der Waals surface area contributed by atoms with Crippen molar-refractivity contribution < 1.29 is 23.5 Å². The van der Waals surface area contributed by atoms with Crippen molar-refractivity contribution in [3.8, 4) is 0 Å². The number of rotatable bonds is 5. The summed E-state index contributed by atoms with van der Waals surface area (Å²) in [6, 6.07) is 4.35. The number of nitrogens with zero attached hydrogens (tertiary/aromatic N) is 2.